The number of aliphatic carboxylic acids is 1. The maximum atomic E-state index is 12.9. The second-order valence-electron chi connectivity index (χ2n) is 7.28. The van der Waals surface area contributed by atoms with E-state index < -0.39 is 12.1 Å². The molecule has 2 aliphatic heterocycles. The summed E-state index contributed by atoms with van der Waals surface area (Å²) in [5, 5.41) is 7.12. The highest BCUT2D eigenvalue weighted by molar-refractivity contribution is 5.85. The molecule has 0 saturated carbocycles. The number of carboxylic acid groups (broad SMARTS) is 1. The van der Waals surface area contributed by atoms with Crippen molar-refractivity contribution in [2.75, 3.05) is 26.2 Å². The molecule has 29 heavy (non-hydrogen) atoms. The number of hydrogen-bond acceptors (Lipinski definition) is 3. The molecule has 2 aliphatic rings. The van der Waals surface area contributed by atoms with Gasteiger partial charge >= 0.3 is 12.1 Å². The smallest absolute Gasteiger partial charge is 0.475 e. The first-order valence-corrected chi connectivity index (χ1v) is 9.24. The molecule has 2 fully saturated rings. The Balaban J connectivity index is 0.000000370. The van der Waals surface area contributed by atoms with E-state index in [9.17, 15) is 22.4 Å². The van der Waals surface area contributed by atoms with Crippen molar-refractivity contribution in [3.8, 4) is 0 Å². The molecule has 160 valence electrons. The Hall–Kier alpha value is -2.42. The first kappa shape index (κ1) is 22.9. The minimum atomic E-state index is -5.08. The molecule has 0 radical (unpaired) electrons. The van der Waals surface area contributed by atoms with Crippen LogP contribution in [0.15, 0.2) is 36.9 Å². The highest BCUT2D eigenvalue weighted by atomic mass is 19.4. The third-order valence-corrected chi connectivity index (χ3v) is 5.33. The van der Waals surface area contributed by atoms with E-state index in [1.807, 2.05) is 17.0 Å². The molecule has 5 nitrogen and oxygen atoms in total. The zero-order valence-corrected chi connectivity index (χ0v) is 15.9. The van der Waals surface area contributed by atoms with Crippen LogP contribution in [0.5, 0.6) is 0 Å². The molecular formula is C20H24F4N2O3. The first-order chi connectivity index (χ1) is 13.6. The average molecular weight is 416 g/mol. The molecule has 2 saturated heterocycles. The standard InChI is InChI=1S/C18H23FN2O.C2HF3O2/c1-2-10-21-13-9-18(17(21)22)7-11-20(12-8-18)14-15-3-5-16(19)6-4-15;3-2(4,5)1(6)7/h2-6H,1,7-14H2;(H,6,7). The van der Waals surface area contributed by atoms with Gasteiger partial charge in [-0.15, -0.1) is 6.58 Å². The number of likely N-dealkylation sites (tertiary alicyclic amines) is 2. The number of benzene rings is 1. The summed E-state index contributed by atoms with van der Waals surface area (Å²) in [6, 6.07) is 6.70. The maximum Gasteiger partial charge on any atom is 0.490 e. The highest BCUT2D eigenvalue weighted by Crippen LogP contribution is 2.41. The Labute approximate surface area is 166 Å². The third-order valence-electron chi connectivity index (χ3n) is 5.33. The van der Waals surface area contributed by atoms with E-state index >= 15 is 0 Å². The predicted molar refractivity (Wildman–Crippen MR) is 98.4 cm³/mol. The summed E-state index contributed by atoms with van der Waals surface area (Å²) in [6.07, 6.45) is -0.439. The number of halogens is 4. The number of carbonyl (C=O) groups is 2. The number of rotatable bonds is 4. The van der Waals surface area contributed by atoms with Gasteiger partial charge in [-0.3, -0.25) is 9.69 Å². The zero-order valence-electron chi connectivity index (χ0n) is 15.9. The van der Waals surface area contributed by atoms with Crippen LogP contribution in [0.4, 0.5) is 17.6 Å². The molecule has 0 atom stereocenters. The fourth-order valence-electron chi connectivity index (χ4n) is 3.67. The van der Waals surface area contributed by atoms with Crippen LogP contribution in [-0.4, -0.2) is 59.1 Å². The molecule has 2 heterocycles. The summed E-state index contributed by atoms with van der Waals surface area (Å²) in [5.41, 5.74) is 0.992. The lowest BCUT2D eigenvalue weighted by molar-refractivity contribution is -0.192. The number of amides is 1. The van der Waals surface area contributed by atoms with Crippen LogP contribution < -0.4 is 0 Å². The van der Waals surface area contributed by atoms with Gasteiger partial charge in [0, 0.05) is 19.6 Å². The monoisotopic (exact) mass is 416 g/mol. The Morgan fingerprint density at radius 1 is 1.14 bits per heavy atom. The maximum absolute atomic E-state index is 12.9. The minimum absolute atomic E-state index is 0.137. The van der Waals surface area contributed by atoms with Gasteiger partial charge in [0.2, 0.25) is 5.91 Å². The SMILES string of the molecule is C=CCN1CCC2(CCN(Cc3ccc(F)cc3)CC2)C1=O.O=C(O)C(F)(F)F. The molecule has 0 aromatic heterocycles. The van der Waals surface area contributed by atoms with Crippen molar-refractivity contribution in [2.24, 2.45) is 5.41 Å². The van der Waals surface area contributed by atoms with E-state index in [1.165, 1.54) is 12.1 Å². The topological polar surface area (TPSA) is 60.9 Å². The van der Waals surface area contributed by atoms with Crippen LogP contribution in [0.1, 0.15) is 24.8 Å². The van der Waals surface area contributed by atoms with Crippen LogP contribution in [0.3, 0.4) is 0 Å². The normalized spacial score (nSPS) is 19.0. The van der Waals surface area contributed by atoms with Gasteiger partial charge in [0.05, 0.1) is 5.41 Å². The first-order valence-electron chi connectivity index (χ1n) is 9.24. The Morgan fingerprint density at radius 2 is 1.66 bits per heavy atom. The quantitative estimate of drug-likeness (QED) is 0.603. The van der Waals surface area contributed by atoms with Gasteiger partial charge < -0.3 is 10.0 Å². The summed E-state index contributed by atoms with van der Waals surface area (Å²) < 4.78 is 44.7. The average Bonchev–Trinajstić information content (AvgIpc) is 2.95. The number of piperidine rings is 1. The molecule has 1 amide bonds. The van der Waals surface area contributed by atoms with Crippen molar-refractivity contribution in [3.05, 3.63) is 48.3 Å². The molecule has 9 heteroatoms. The molecule has 0 bridgehead atoms. The van der Waals surface area contributed by atoms with E-state index in [1.54, 1.807) is 6.08 Å². The van der Waals surface area contributed by atoms with Gasteiger partial charge in [0.1, 0.15) is 5.82 Å². The predicted octanol–water partition coefficient (Wildman–Crippen LogP) is 3.46. The molecule has 1 aromatic rings. The summed E-state index contributed by atoms with van der Waals surface area (Å²) in [6.45, 7) is 7.96. The van der Waals surface area contributed by atoms with E-state index in [4.69, 9.17) is 9.90 Å². The number of hydrogen-bond donors (Lipinski definition) is 1. The van der Waals surface area contributed by atoms with Crippen LogP contribution >= 0.6 is 0 Å². The third kappa shape index (κ3) is 6.03. The minimum Gasteiger partial charge on any atom is -0.475 e. The van der Waals surface area contributed by atoms with Crippen molar-refractivity contribution < 1.29 is 32.3 Å². The zero-order chi connectivity index (χ0) is 21.7. The lowest BCUT2D eigenvalue weighted by Crippen LogP contribution is -2.44. The highest BCUT2D eigenvalue weighted by Gasteiger charge is 2.47. The summed E-state index contributed by atoms with van der Waals surface area (Å²) in [5.74, 6) is -2.64. The number of carbonyl (C=O) groups excluding carboxylic acids is 1. The van der Waals surface area contributed by atoms with Crippen molar-refractivity contribution in [3.63, 3.8) is 0 Å². The number of nitrogens with zero attached hydrogens (tertiary/aromatic N) is 2. The molecule has 0 unspecified atom stereocenters. The summed E-state index contributed by atoms with van der Waals surface area (Å²) in [7, 11) is 0. The fourth-order valence-corrected chi connectivity index (χ4v) is 3.67. The van der Waals surface area contributed by atoms with Crippen molar-refractivity contribution in [2.45, 2.75) is 32.0 Å². The van der Waals surface area contributed by atoms with E-state index in [-0.39, 0.29) is 11.2 Å². The number of carboxylic acids is 1. The van der Waals surface area contributed by atoms with Crippen molar-refractivity contribution >= 4 is 11.9 Å². The van der Waals surface area contributed by atoms with Gasteiger partial charge in [-0.1, -0.05) is 18.2 Å². The molecule has 0 aliphatic carbocycles. The van der Waals surface area contributed by atoms with Crippen LogP contribution in [0, 0.1) is 11.2 Å². The molecule has 1 spiro atoms. The van der Waals surface area contributed by atoms with Gasteiger partial charge in [-0.2, -0.15) is 13.2 Å². The largest absolute Gasteiger partial charge is 0.490 e. The molecular weight excluding hydrogens is 392 g/mol. The fraction of sp³-hybridized carbons (Fsp3) is 0.500. The van der Waals surface area contributed by atoms with Gasteiger partial charge in [-0.05, 0) is 50.0 Å². The second-order valence-corrected chi connectivity index (χ2v) is 7.28. The Morgan fingerprint density at radius 3 is 2.14 bits per heavy atom. The second kappa shape index (κ2) is 9.39. The Kier molecular flexibility index (Phi) is 7.40. The lowest BCUT2D eigenvalue weighted by Gasteiger charge is -2.38. The van der Waals surface area contributed by atoms with E-state index in [0.29, 0.717) is 12.5 Å². The molecule has 1 aromatic carbocycles. The van der Waals surface area contributed by atoms with Crippen molar-refractivity contribution in [1.82, 2.24) is 9.80 Å². The van der Waals surface area contributed by atoms with E-state index in [2.05, 4.69) is 11.5 Å². The van der Waals surface area contributed by atoms with Gasteiger partial charge in [-0.25, -0.2) is 9.18 Å². The van der Waals surface area contributed by atoms with Crippen LogP contribution in [-0.2, 0) is 16.1 Å². The number of alkyl halides is 3. The summed E-state index contributed by atoms with van der Waals surface area (Å²) in [4.78, 5) is 25.8. The Bertz CT molecular complexity index is 726. The lowest BCUT2D eigenvalue weighted by atomic mass is 9.77. The van der Waals surface area contributed by atoms with Crippen LogP contribution in [0.2, 0.25) is 0 Å². The summed E-state index contributed by atoms with van der Waals surface area (Å²) >= 11 is 0. The van der Waals surface area contributed by atoms with Gasteiger partial charge in [0.15, 0.2) is 0 Å². The van der Waals surface area contributed by atoms with E-state index in [0.717, 1.165) is 51.0 Å². The molecule has 3 rings (SSSR count). The van der Waals surface area contributed by atoms with Gasteiger partial charge in [0.25, 0.3) is 0 Å². The molecule has 1 N–H and O–H groups in total. The van der Waals surface area contributed by atoms with Crippen LogP contribution in [0.25, 0.3) is 0 Å². The van der Waals surface area contributed by atoms with Crippen molar-refractivity contribution in [1.29, 1.82) is 0 Å².